The Labute approximate surface area is 190 Å². The van der Waals surface area contributed by atoms with Crippen molar-refractivity contribution >= 4 is 39.7 Å². The van der Waals surface area contributed by atoms with Crippen LogP contribution in [0.3, 0.4) is 0 Å². The number of halogens is 2. The first-order valence-electron chi connectivity index (χ1n) is 9.46. The van der Waals surface area contributed by atoms with Gasteiger partial charge in [0.25, 0.3) is 0 Å². The maximum Gasteiger partial charge on any atom is 0.244 e. The number of hydrogen-bond acceptors (Lipinski definition) is 3. The molecule has 6 heteroatoms. The van der Waals surface area contributed by atoms with Crippen molar-refractivity contribution < 1.29 is 9.53 Å². The molecule has 0 aromatic heterocycles. The fraction of sp³-hybridized carbons (Fsp3) is 0.167. The lowest BCUT2D eigenvalue weighted by molar-refractivity contribution is -0.120. The van der Waals surface area contributed by atoms with Crippen molar-refractivity contribution in [1.82, 2.24) is 5.43 Å². The Kier molecular flexibility index (Phi) is 7.66. The SMILES string of the molecule is Cc1ccc(CC(=O)N/N=C\c2ccc(OCc3ccccc3Cl)c(Br)c2)cc1C. The Hall–Kier alpha value is -2.63. The van der Waals surface area contributed by atoms with Gasteiger partial charge >= 0.3 is 0 Å². The van der Waals surface area contributed by atoms with Crippen molar-refractivity contribution in [1.29, 1.82) is 0 Å². The molecule has 0 saturated carbocycles. The summed E-state index contributed by atoms with van der Waals surface area (Å²) in [6.07, 6.45) is 1.89. The van der Waals surface area contributed by atoms with Gasteiger partial charge in [-0.05, 0) is 76.3 Å². The molecule has 0 aliphatic carbocycles. The Bertz CT molecular complexity index is 1080. The summed E-state index contributed by atoms with van der Waals surface area (Å²) in [5, 5.41) is 4.72. The van der Waals surface area contributed by atoms with Gasteiger partial charge in [-0.1, -0.05) is 48.0 Å². The zero-order chi connectivity index (χ0) is 21.5. The highest BCUT2D eigenvalue weighted by atomic mass is 79.9. The summed E-state index contributed by atoms with van der Waals surface area (Å²) in [4.78, 5) is 12.1. The second kappa shape index (κ2) is 10.4. The molecule has 0 spiro atoms. The molecule has 0 aliphatic heterocycles. The van der Waals surface area contributed by atoms with E-state index in [0.717, 1.165) is 21.2 Å². The van der Waals surface area contributed by atoms with Gasteiger partial charge in [0, 0.05) is 10.6 Å². The predicted molar refractivity (Wildman–Crippen MR) is 125 cm³/mol. The Morgan fingerprint density at radius 2 is 1.90 bits per heavy atom. The molecule has 0 unspecified atom stereocenters. The quantitative estimate of drug-likeness (QED) is 0.330. The summed E-state index contributed by atoms with van der Waals surface area (Å²) >= 11 is 9.67. The predicted octanol–water partition coefficient (Wildman–Crippen LogP) is 5.99. The largest absolute Gasteiger partial charge is 0.488 e. The minimum Gasteiger partial charge on any atom is -0.488 e. The molecule has 1 N–H and O–H groups in total. The number of rotatable bonds is 7. The van der Waals surface area contributed by atoms with Crippen LogP contribution in [0.1, 0.15) is 27.8 Å². The van der Waals surface area contributed by atoms with Crippen LogP contribution in [0.25, 0.3) is 0 Å². The third kappa shape index (κ3) is 6.18. The average Bonchev–Trinajstić information content (AvgIpc) is 2.71. The molecule has 30 heavy (non-hydrogen) atoms. The van der Waals surface area contributed by atoms with Crippen LogP contribution in [0.15, 0.2) is 70.2 Å². The van der Waals surface area contributed by atoms with Gasteiger partial charge in [0.1, 0.15) is 12.4 Å². The highest BCUT2D eigenvalue weighted by molar-refractivity contribution is 9.10. The highest BCUT2D eigenvalue weighted by Crippen LogP contribution is 2.27. The van der Waals surface area contributed by atoms with Crippen LogP contribution in [0, 0.1) is 13.8 Å². The van der Waals surface area contributed by atoms with Crippen LogP contribution in [0.5, 0.6) is 5.75 Å². The molecule has 154 valence electrons. The number of nitrogens with one attached hydrogen (secondary N) is 1. The van der Waals surface area contributed by atoms with Gasteiger partial charge in [-0.2, -0.15) is 5.10 Å². The number of amides is 1. The van der Waals surface area contributed by atoms with Crippen LogP contribution in [-0.2, 0) is 17.8 Å². The molecular weight excluding hydrogens is 464 g/mol. The molecule has 0 atom stereocenters. The monoisotopic (exact) mass is 484 g/mol. The van der Waals surface area contributed by atoms with E-state index in [-0.39, 0.29) is 12.3 Å². The topological polar surface area (TPSA) is 50.7 Å². The van der Waals surface area contributed by atoms with Gasteiger partial charge in [0.05, 0.1) is 17.1 Å². The van der Waals surface area contributed by atoms with Gasteiger partial charge in [-0.25, -0.2) is 5.43 Å². The molecule has 0 bridgehead atoms. The molecule has 3 rings (SSSR count). The molecule has 1 amide bonds. The minimum absolute atomic E-state index is 0.159. The van der Waals surface area contributed by atoms with Gasteiger partial charge in [0.2, 0.25) is 5.91 Å². The third-order valence-electron chi connectivity index (χ3n) is 4.64. The van der Waals surface area contributed by atoms with E-state index >= 15 is 0 Å². The lowest BCUT2D eigenvalue weighted by atomic mass is 10.0. The standard InChI is InChI=1S/C24H22BrClN2O2/c1-16-7-8-18(11-17(16)2)13-24(29)28-27-14-19-9-10-23(21(25)12-19)30-15-20-5-3-4-6-22(20)26/h3-12,14H,13,15H2,1-2H3,(H,28,29)/b27-14-. The second-order valence-electron chi connectivity index (χ2n) is 6.96. The summed E-state index contributed by atoms with van der Waals surface area (Å²) < 4.78 is 6.63. The lowest BCUT2D eigenvalue weighted by Crippen LogP contribution is -2.19. The van der Waals surface area contributed by atoms with Gasteiger partial charge in [0.15, 0.2) is 0 Å². The summed E-state index contributed by atoms with van der Waals surface area (Å²) in [7, 11) is 0. The van der Waals surface area contributed by atoms with Gasteiger partial charge in [-0.3, -0.25) is 4.79 Å². The number of hydrazone groups is 1. The van der Waals surface area contributed by atoms with E-state index in [1.807, 2.05) is 67.6 Å². The maximum absolute atomic E-state index is 12.1. The fourth-order valence-electron chi connectivity index (χ4n) is 2.80. The first-order valence-corrected chi connectivity index (χ1v) is 10.6. The van der Waals surface area contributed by atoms with E-state index in [9.17, 15) is 4.79 Å². The number of carbonyl (C=O) groups is 1. The third-order valence-corrected chi connectivity index (χ3v) is 5.62. The van der Waals surface area contributed by atoms with E-state index in [2.05, 4.69) is 33.4 Å². The Morgan fingerprint density at radius 3 is 2.63 bits per heavy atom. The number of aryl methyl sites for hydroxylation is 2. The van der Waals surface area contributed by atoms with E-state index < -0.39 is 0 Å². The van der Waals surface area contributed by atoms with Crippen LogP contribution in [0.4, 0.5) is 0 Å². The van der Waals surface area contributed by atoms with Crippen LogP contribution < -0.4 is 10.2 Å². The first-order chi connectivity index (χ1) is 14.4. The smallest absolute Gasteiger partial charge is 0.244 e. The number of nitrogens with zero attached hydrogens (tertiary/aromatic N) is 1. The fourth-order valence-corrected chi connectivity index (χ4v) is 3.50. The van der Waals surface area contributed by atoms with Crippen molar-refractivity contribution in [2.45, 2.75) is 26.9 Å². The summed E-state index contributed by atoms with van der Waals surface area (Å²) in [5.41, 5.74) is 7.67. The van der Waals surface area contributed by atoms with Crippen molar-refractivity contribution in [2.24, 2.45) is 5.10 Å². The maximum atomic E-state index is 12.1. The summed E-state index contributed by atoms with van der Waals surface area (Å²) in [6.45, 7) is 4.46. The zero-order valence-electron chi connectivity index (χ0n) is 16.8. The zero-order valence-corrected chi connectivity index (χ0v) is 19.1. The molecule has 0 saturated heterocycles. The number of hydrogen-bond donors (Lipinski definition) is 1. The minimum atomic E-state index is -0.159. The van der Waals surface area contributed by atoms with Crippen molar-refractivity contribution in [3.05, 3.63) is 98.0 Å². The summed E-state index contributed by atoms with van der Waals surface area (Å²) in [6, 6.07) is 19.2. The van der Waals surface area contributed by atoms with E-state index in [4.69, 9.17) is 16.3 Å². The number of carbonyl (C=O) groups excluding carboxylic acids is 1. The Balaban J connectivity index is 1.54. The van der Waals surface area contributed by atoms with Crippen LogP contribution >= 0.6 is 27.5 Å². The molecular formula is C24H22BrClN2O2. The van der Waals surface area contributed by atoms with Crippen LogP contribution in [0.2, 0.25) is 5.02 Å². The van der Waals surface area contributed by atoms with Crippen LogP contribution in [-0.4, -0.2) is 12.1 Å². The summed E-state index contributed by atoms with van der Waals surface area (Å²) in [5.74, 6) is 0.541. The van der Waals surface area contributed by atoms with Crippen molar-refractivity contribution in [3.8, 4) is 5.75 Å². The van der Waals surface area contributed by atoms with E-state index in [0.29, 0.717) is 17.4 Å². The molecule has 3 aromatic carbocycles. The molecule has 0 radical (unpaired) electrons. The first kappa shape index (κ1) is 22.1. The number of ether oxygens (including phenoxy) is 1. The normalized spacial score (nSPS) is 10.9. The Morgan fingerprint density at radius 1 is 1.10 bits per heavy atom. The van der Waals surface area contributed by atoms with E-state index in [1.54, 1.807) is 6.21 Å². The van der Waals surface area contributed by atoms with Gasteiger partial charge < -0.3 is 4.74 Å². The molecule has 0 heterocycles. The second-order valence-corrected chi connectivity index (χ2v) is 8.22. The van der Waals surface area contributed by atoms with Crippen molar-refractivity contribution in [3.63, 3.8) is 0 Å². The highest BCUT2D eigenvalue weighted by Gasteiger charge is 2.06. The molecule has 3 aromatic rings. The molecule has 0 fully saturated rings. The molecule has 0 aliphatic rings. The van der Waals surface area contributed by atoms with E-state index in [1.165, 1.54) is 11.1 Å². The van der Waals surface area contributed by atoms with Crippen molar-refractivity contribution in [2.75, 3.05) is 0 Å². The molecule has 4 nitrogen and oxygen atoms in total. The lowest BCUT2D eigenvalue weighted by Gasteiger charge is -2.10. The average molecular weight is 486 g/mol. The van der Waals surface area contributed by atoms with Gasteiger partial charge in [-0.15, -0.1) is 0 Å². The number of benzene rings is 3.